The third-order valence-electron chi connectivity index (χ3n) is 6.24. The molecular weight excluding hydrogens is 300 g/mol. The van der Waals surface area contributed by atoms with Crippen molar-refractivity contribution in [3.8, 4) is 0 Å². The second kappa shape index (κ2) is 6.49. The highest BCUT2D eigenvalue weighted by Crippen LogP contribution is 2.47. The minimum absolute atomic E-state index is 0.00535. The molecule has 2 heterocycles. The van der Waals surface area contributed by atoms with Gasteiger partial charge >= 0.3 is 0 Å². The van der Waals surface area contributed by atoms with Crippen LogP contribution in [0.3, 0.4) is 0 Å². The molecule has 0 N–H and O–H groups in total. The van der Waals surface area contributed by atoms with E-state index in [0.29, 0.717) is 6.61 Å². The van der Waals surface area contributed by atoms with Crippen LogP contribution in [0.25, 0.3) is 0 Å². The summed E-state index contributed by atoms with van der Waals surface area (Å²) in [7, 11) is 1.72. The molecule has 1 aromatic rings. The zero-order chi connectivity index (χ0) is 16.6. The van der Waals surface area contributed by atoms with Gasteiger partial charge in [-0.1, -0.05) is 18.2 Å². The van der Waals surface area contributed by atoms with Gasteiger partial charge in [0.25, 0.3) is 0 Å². The highest BCUT2D eigenvalue weighted by Gasteiger charge is 2.53. The van der Waals surface area contributed by atoms with Crippen LogP contribution >= 0.6 is 0 Å². The second-order valence-corrected chi connectivity index (χ2v) is 7.87. The predicted octanol–water partition coefficient (Wildman–Crippen LogP) is 2.79. The molecule has 130 valence electrons. The number of likely N-dealkylation sites (tertiary alicyclic amines) is 1. The number of amides is 1. The SMILES string of the molecule is COCC1C(=O)N(c2ccccc2)CC12CCN(CC1CC1)CC2. The van der Waals surface area contributed by atoms with E-state index in [9.17, 15) is 4.79 Å². The smallest absolute Gasteiger partial charge is 0.233 e. The first-order valence-electron chi connectivity index (χ1n) is 9.29. The fourth-order valence-corrected chi connectivity index (χ4v) is 4.55. The third-order valence-corrected chi connectivity index (χ3v) is 6.24. The molecular formula is C20H28N2O2. The third kappa shape index (κ3) is 2.98. The van der Waals surface area contributed by atoms with E-state index in [1.165, 1.54) is 19.4 Å². The van der Waals surface area contributed by atoms with Gasteiger partial charge in [0, 0.05) is 31.3 Å². The van der Waals surface area contributed by atoms with Crippen LogP contribution in [0, 0.1) is 17.3 Å². The first-order valence-corrected chi connectivity index (χ1v) is 9.29. The molecule has 1 saturated carbocycles. The standard InChI is InChI=1S/C20H28N2O2/c1-24-14-18-19(23)22(17-5-3-2-4-6-17)15-20(18)9-11-21(12-10-20)13-16-7-8-16/h2-6,16,18H,7-15H2,1H3. The summed E-state index contributed by atoms with van der Waals surface area (Å²) in [6, 6.07) is 10.1. The van der Waals surface area contributed by atoms with Gasteiger partial charge in [0.05, 0.1) is 12.5 Å². The molecule has 2 aliphatic heterocycles. The predicted molar refractivity (Wildman–Crippen MR) is 95.0 cm³/mol. The molecule has 4 rings (SSSR count). The van der Waals surface area contributed by atoms with Crippen molar-refractivity contribution in [2.24, 2.45) is 17.3 Å². The van der Waals surface area contributed by atoms with Gasteiger partial charge in [-0.05, 0) is 56.8 Å². The van der Waals surface area contributed by atoms with Crippen LogP contribution in [0.15, 0.2) is 30.3 Å². The van der Waals surface area contributed by atoms with E-state index in [4.69, 9.17) is 4.74 Å². The first-order chi connectivity index (χ1) is 11.7. The molecule has 4 nitrogen and oxygen atoms in total. The molecule has 3 aliphatic rings. The summed E-state index contributed by atoms with van der Waals surface area (Å²) in [6.07, 6.45) is 5.05. The first kappa shape index (κ1) is 16.1. The fraction of sp³-hybridized carbons (Fsp3) is 0.650. The molecule has 0 bridgehead atoms. The lowest BCUT2D eigenvalue weighted by atomic mass is 9.71. The van der Waals surface area contributed by atoms with Crippen LogP contribution in [0.5, 0.6) is 0 Å². The Labute approximate surface area is 144 Å². The Hall–Kier alpha value is -1.39. The zero-order valence-corrected chi connectivity index (χ0v) is 14.6. The fourth-order valence-electron chi connectivity index (χ4n) is 4.55. The minimum Gasteiger partial charge on any atom is -0.384 e. The van der Waals surface area contributed by atoms with Gasteiger partial charge in [-0.3, -0.25) is 4.79 Å². The number of hydrogen-bond donors (Lipinski definition) is 0. The second-order valence-electron chi connectivity index (χ2n) is 7.87. The van der Waals surface area contributed by atoms with Crippen molar-refractivity contribution in [3.05, 3.63) is 30.3 Å². The van der Waals surface area contributed by atoms with Crippen molar-refractivity contribution >= 4 is 11.6 Å². The molecule has 1 atom stereocenters. The molecule has 1 aromatic carbocycles. The number of anilines is 1. The normalized spacial score (nSPS) is 27.1. The van der Waals surface area contributed by atoms with Crippen molar-refractivity contribution < 1.29 is 9.53 Å². The summed E-state index contributed by atoms with van der Waals surface area (Å²) in [5, 5.41) is 0. The van der Waals surface area contributed by atoms with Crippen LogP contribution in [-0.2, 0) is 9.53 Å². The van der Waals surface area contributed by atoms with Gasteiger partial charge in [0.1, 0.15) is 0 Å². The Morgan fingerprint density at radius 2 is 1.88 bits per heavy atom. The van der Waals surface area contributed by atoms with E-state index in [1.54, 1.807) is 7.11 Å². The molecule has 4 heteroatoms. The topological polar surface area (TPSA) is 32.8 Å². The molecule has 3 fully saturated rings. The lowest BCUT2D eigenvalue weighted by Crippen LogP contribution is -2.46. The van der Waals surface area contributed by atoms with Gasteiger partial charge in [-0.15, -0.1) is 0 Å². The lowest BCUT2D eigenvalue weighted by molar-refractivity contribution is -0.125. The summed E-state index contributed by atoms with van der Waals surface area (Å²) in [5.74, 6) is 1.20. The van der Waals surface area contributed by atoms with Gasteiger partial charge < -0.3 is 14.5 Å². The number of rotatable bonds is 5. The summed E-state index contributed by atoms with van der Waals surface area (Å²) in [5.41, 5.74) is 1.11. The molecule has 2 saturated heterocycles. The zero-order valence-electron chi connectivity index (χ0n) is 14.6. The maximum atomic E-state index is 13.1. The van der Waals surface area contributed by atoms with E-state index < -0.39 is 0 Å². The molecule has 1 aliphatic carbocycles. The van der Waals surface area contributed by atoms with Gasteiger partial charge in [-0.25, -0.2) is 0 Å². The molecule has 0 aromatic heterocycles. The van der Waals surface area contributed by atoms with Crippen LogP contribution in [-0.4, -0.2) is 50.7 Å². The Morgan fingerprint density at radius 3 is 2.50 bits per heavy atom. The number of carbonyl (C=O) groups excluding carboxylic acids is 1. The van der Waals surface area contributed by atoms with E-state index in [1.807, 2.05) is 35.2 Å². The summed E-state index contributed by atoms with van der Waals surface area (Å²) in [6.45, 7) is 4.92. The monoisotopic (exact) mass is 328 g/mol. The van der Waals surface area contributed by atoms with Crippen molar-refractivity contribution in [2.75, 3.05) is 44.8 Å². The number of benzene rings is 1. The number of methoxy groups -OCH3 is 1. The Bertz CT molecular complexity index is 577. The quantitative estimate of drug-likeness (QED) is 0.833. The van der Waals surface area contributed by atoms with E-state index >= 15 is 0 Å². The van der Waals surface area contributed by atoms with Crippen LogP contribution in [0.4, 0.5) is 5.69 Å². The highest BCUT2D eigenvalue weighted by molar-refractivity contribution is 5.98. The van der Waals surface area contributed by atoms with Crippen LogP contribution in [0.2, 0.25) is 0 Å². The van der Waals surface area contributed by atoms with Crippen LogP contribution in [0.1, 0.15) is 25.7 Å². The number of ether oxygens (including phenoxy) is 1. The average Bonchev–Trinajstić information content (AvgIpc) is 3.39. The Kier molecular flexibility index (Phi) is 4.35. The van der Waals surface area contributed by atoms with Crippen molar-refractivity contribution in [1.29, 1.82) is 0 Å². The summed E-state index contributed by atoms with van der Waals surface area (Å²) < 4.78 is 5.45. The van der Waals surface area contributed by atoms with Crippen LogP contribution < -0.4 is 4.90 Å². The number of carbonyl (C=O) groups is 1. The average molecular weight is 328 g/mol. The molecule has 1 spiro atoms. The van der Waals surface area contributed by atoms with Gasteiger partial charge in [0.2, 0.25) is 5.91 Å². The van der Waals surface area contributed by atoms with Gasteiger partial charge in [-0.2, -0.15) is 0 Å². The Balaban J connectivity index is 1.51. The van der Waals surface area contributed by atoms with Gasteiger partial charge in [0.15, 0.2) is 0 Å². The molecule has 0 radical (unpaired) electrons. The number of piperidine rings is 1. The van der Waals surface area contributed by atoms with E-state index in [0.717, 1.165) is 44.1 Å². The maximum Gasteiger partial charge on any atom is 0.233 e. The van der Waals surface area contributed by atoms with E-state index in [-0.39, 0.29) is 17.2 Å². The summed E-state index contributed by atoms with van der Waals surface area (Å²) in [4.78, 5) is 17.7. The largest absolute Gasteiger partial charge is 0.384 e. The minimum atomic E-state index is 0.00535. The number of nitrogens with zero attached hydrogens (tertiary/aromatic N) is 2. The Morgan fingerprint density at radius 1 is 1.17 bits per heavy atom. The molecule has 1 amide bonds. The van der Waals surface area contributed by atoms with Crippen molar-refractivity contribution in [1.82, 2.24) is 4.90 Å². The summed E-state index contributed by atoms with van der Waals surface area (Å²) >= 11 is 0. The number of para-hydroxylation sites is 1. The number of hydrogen-bond acceptors (Lipinski definition) is 3. The van der Waals surface area contributed by atoms with Crippen molar-refractivity contribution in [2.45, 2.75) is 25.7 Å². The molecule has 24 heavy (non-hydrogen) atoms. The molecule has 1 unspecified atom stereocenters. The van der Waals surface area contributed by atoms with Crippen molar-refractivity contribution in [3.63, 3.8) is 0 Å². The van der Waals surface area contributed by atoms with E-state index in [2.05, 4.69) is 4.90 Å². The lowest BCUT2D eigenvalue weighted by Gasteiger charge is -2.41. The maximum absolute atomic E-state index is 13.1. The highest BCUT2D eigenvalue weighted by atomic mass is 16.5.